The van der Waals surface area contributed by atoms with Crippen molar-refractivity contribution < 1.29 is 4.79 Å². The van der Waals surface area contributed by atoms with Crippen molar-refractivity contribution in [3.8, 4) is 0 Å². The quantitative estimate of drug-likeness (QED) is 0.556. The zero-order valence-electron chi connectivity index (χ0n) is 7.39. The van der Waals surface area contributed by atoms with E-state index in [9.17, 15) is 4.79 Å². The van der Waals surface area contributed by atoms with Crippen LogP contribution in [0, 0.1) is 11.3 Å². The highest BCUT2D eigenvalue weighted by Gasteiger charge is 2.32. The van der Waals surface area contributed by atoms with Crippen LogP contribution < -0.4 is 0 Å². The largest absolute Gasteiger partial charge is 0.300 e. The van der Waals surface area contributed by atoms with E-state index in [0.29, 0.717) is 11.7 Å². The Hall–Kier alpha value is -0.590. The number of ketones is 1. The molecule has 1 rings (SSSR count). The molecular weight excluding hydrogens is 136 g/mol. The van der Waals surface area contributed by atoms with E-state index in [1.807, 2.05) is 6.08 Å². The Kier molecular flexibility index (Phi) is 2.17. The summed E-state index contributed by atoms with van der Waals surface area (Å²) in [7, 11) is 0. The second-order valence-electron chi connectivity index (χ2n) is 4.00. The lowest BCUT2D eigenvalue weighted by Crippen LogP contribution is -2.18. The number of hydrogen-bond donors (Lipinski definition) is 0. The lowest BCUT2D eigenvalue weighted by atomic mass is 9.78. The summed E-state index contributed by atoms with van der Waals surface area (Å²) in [6, 6.07) is 0. The molecule has 0 saturated heterocycles. The Morgan fingerprint density at radius 1 is 1.64 bits per heavy atom. The summed E-state index contributed by atoms with van der Waals surface area (Å²) >= 11 is 0. The molecule has 0 aromatic carbocycles. The van der Waals surface area contributed by atoms with E-state index in [2.05, 4.69) is 20.4 Å². The van der Waals surface area contributed by atoms with Crippen LogP contribution in [0.2, 0.25) is 0 Å². The molecule has 0 aromatic rings. The van der Waals surface area contributed by atoms with Crippen LogP contribution in [0.5, 0.6) is 0 Å². The van der Waals surface area contributed by atoms with Gasteiger partial charge in [0.15, 0.2) is 0 Å². The van der Waals surface area contributed by atoms with Crippen LogP contribution in [0.15, 0.2) is 12.7 Å². The Bertz CT molecular complexity index is 179. The number of carbonyl (C=O) groups is 1. The van der Waals surface area contributed by atoms with Crippen LogP contribution >= 0.6 is 0 Å². The molecular formula is C10H16O. The zero-order valence-corrected chi connectivity index (χ0v) is 7.39. The highest BCUT2D eigenvalue weighted by molar-refractivity contribution is 5.80. The van der Waals surface area contributed by atoms with E-state index in [0.717, 1.165) is 19.3 Å². The van der Waals surface area contributed by atoms with E-state index in [1.54, 1.807) is 0 Å². The lowest BCUT2D eigenvalue weighted by molar-refractivity contribution is -0.117. The van der Waals surface area contributed by atoms with E-state index in [-0.39, 0.29) is 5.41 Å². The first-order chi connectivity index (χ1) is 5.06. The van der Waals surface area contributed by atoms with Gasteiger partial charge in [0.05, 0.1) is 0 Å². The third-order valence-electron chi connectivity index (χ3n) is 2.82. The zero-order chi connectivity index (χ0) is 8.48. The van der Waals surface area contributed by atoms with Crippen molar-refractivity contribution in [1.82, 2.24) is 0 Å². The first kappa shape index (κ1) is 8.51. The van der Waals surface area contributed by atoms with Gasteiger partial charge in [0.2, 0.25) is 0 Å². The standard InChI is InChI=1S/C10H16O/c1-4-10(2,3)8-5-6-9(11)7-8/h4,8H,1,5-7H2,2-3H3. The highest BCUT2D eigenvalue weighted by atomic mass is 16.1. The molecule has 0 heterocycles. The van der Waals surface area contributed by atoms with Crippen molar-refractivity contribution in [1.29, 1.82) is 0 Å². The molecule has 1 heteroatoms. The first-order valence-corrected chi connectivity index (χ1v) is 4.21. The number of allylic oxidation sites excluding steroid dienone is 1. The summed E-state index contributed by atoms with van der Waals surface area (Å²) < 4.78 is 0. The number of rotatable bonds is 2. The molecule has 1 fully saturated rings. The van der Waals surface area contributed by atoms with Gasteiger partial charge in [0, 0.05) is 12.8 Å². The van der Waals surface area contributed by atoms with Gasteiger partial charge < -0.3 is 0 Å². The average Bonchev–Trinajstić information content (AvgIpc) is 2.36. The second kappa shape index (κ2) is 2.80. The smallest absolute Gasteiger partial charge is 0.133 e. The molecule has 1 saturated carbocycles. The van der Waals surface area contributed by atoms with E-state index in [4.69, 9.17) is 0 Å². The predicted molar refractivity (Wildman–Crippen MR) is 46.3 cm³/mol. The van der Waals surface area contributed by atoms with Gasteiger partial charge in [0.25, 0.3) is 0 Å². The number of hydrogen-bond acceptors (Lipinski definition) is 1. The number of Topliss-reactive ketones (excluding diaryl/α,β-unsaturated/α-hetero) is 1. The maximum absolute atomic E-state index is 11.0. The van der Waals surface area contributed by atoms with Gasteiger partial charge in [-0.3, -0.25) is 4.79 Å². The molecule has 0 aliphatic heterocycles. The predicted octanol–water partition coefficient (Wildman–Crippen LogP) is 2.57. The second-order valence-corrected chi connectivity index (χ2v) is 4.00. The van der Waals surface area contributed by atoms with Gasteiger partial charge in [-0.2, -0.15) is 0 Å². The third-order valence-corrected chi connectivity index (χ3v) is 2.82. The van der Waals surface area contributed by atoms with Crippen molar-refractivity contribution >= 4 is 5.78 Å². The summed E-state index contributed by atoms with van der Waals surface area (Å²) in [4.78, 5) is 11.0. The molecule has 1 aliphatic carbocycles. The topological polar surface area (TPSA) is 17.1 Å². The van der Waals surface area contributed by atoms with Gasteiger partial charge in [0.1, 0.15) is 5.78 Å². The molecule has 1 unspecified atom stereocenters. The maximum atomic E-state index is 11.0. The van der Waals surface area contributed by atoms with Crippen LogP contribution in [-0.2, 0) is 4.79 Å². The molecule has 1 aliphatic rings. The summed E-state index contributed by atoms with van der Waals surface area (Å²) in [5.41, 5.74) is 0.145. The van der Waals surface area contributed by atoms with Crippen molar-refractivity contribution in [2.24, 2.45) is 11.3 Å². The third kappa shape index (κ3) is 1.70. The minimum absolute atomic E-state index is 0.145. The minimum atomic E-state index is 0.145. The van der Waals surface area contributed by atoms with E-state index < -0.39 is 0 Å². The molecule has 0 N–H and O–H groups in total. The molecule has 11 heavy (non-hydrogen) atoms. The fraction of sp³-hybridized carbons (Fsp3) is 0.700. The molecule has 1 atom stereocenters. The first-order valence-electron chi connectivity index (χ1n) is 4.21. The Labute approximate surface area is 68.5 Å². The van der Waals surface area contributed by atoms with Crippen LogP contribution in [0.1, 0.15) is 33.1 Å². The molecule has 62 valence electrons. The van der Waals surface area contributed by atoms with Gasteiger partial charge in [-0.1, -0.05) is 19.9 Å². The monoisotopic (exact) mass is 152 g/mol. The van der Waals surface area contributed by atoms with Gasteiger partial charge >= 0.3 is 0 Å². The SMILES string of the molecule is C=CC(C)(C)C1CCC(=O)C1. The van der Waals surface area contributed by atoms with E-state index >= 15 is 0 Å². The lowest BCUT2D eigenvalue weighted by Gasteiger charge is -2.26. The summed E-state index contributed by atoms with van der Waals surface area (Å²) in [6.45, 7) is 8.10. The molecule has 0 spiro atoms. The van der Waals surface area contributed by atoms with Gasteiger partial charge in [-0.05, 0) is 17.8 Å². The van der Waals surface area contributed by atoms with Crippen molar-refractivity contribution in [3.05, 3.63) is 12.7 Å². The molecule has 0 radical (unpaired) electrons. The van der Waals surface area contributed by atoms with Crippen LogP contribution in [0.25, 0.3) is 0 Å². The molecule has 1 nitrogen and oxygen atoms in total. The van der Waals surface area contributed by atoms with Gasteiger partial charge in [-0.25, -0.2) is 0 Å². The highest BCUT2D eigenvalue weighted by Crippen LogP contribution is 2.38. The van der Waals surface area contributed by atoms with Crippen molar-refractivity contribution in [2.75, 3.05) is 0 Å². The average molecular weight is 152 g/mol. The van der Waals surface area contributed by atoms with E-state index in [1.165, 1.54) is 0 Å². The molecule has 0 amide bonds. The molecule has 0 bridgehead atoms. The normalized spacial score (nSPS) is 25.6. The summed E-state index contributed by atoms with van der Waals surface area (Å²) in [6.07, 6.45) is 4.56. The minimum Gasteiger partial charge on any atom is -0.300 e. The fourth-order valence-corrected chi connectivity index (χ4v) is 1.62. The fourth-order valence-electron chi connectivity index (χ4n) is 1.62. The van der Waals surface area contributed by atoms with Crippen molar-refractivity contribution in [2.45, 2.75) is 33.1 Å². The summed E-state index contributed by atoms with van der Waals surface area (Å²) in [5, 5.41) is 0. The van der Waals surface area contributed by atoms with Crippen molar-refractivity contribution in [3.63, 3.8) is 0 Å². The number of carbonyl (C=O) groups excluding carboxylic acids is 1. The Morgan fingerprint density at radius 3 is 2.64 bits per heavy atom. The summed E-state index contributed by atoms with van der Waals surface area (Å²) in [5.74, 6) is 0.956. The Balaban J connectivity index is 2.62. The van der Waals surface area contributed by atoms with Gasteiger partial charge in [-0.15, -0.1) is 6.58 Å². The Morgan fingerprint density at radius 2 is 2.27 bits per heavy atom. The van der Waals surface area contributed by atoms with Crippen LogP contribution in [0.3, 0.4) is 0 Å². The van der Waals surface area contributed by atoms with Crippen LogP contribution in [-0.4, -0.2) is 5.78 Å². The van der Waals surface area contributed by atoms with Crippen LogP contribution in [0.4, 0.5) is 0 Å². The molecule has 0 aromatic heterocycles. The maximum Gasteiger partial charge on any atom is 0.133 e.